The number of anilines is 2. The summed E-state index contributed by atoms with van der Waals surface area (Å²) in [5.41, 5.74) is 2.36. The molecule has 0 aliphatic heterocycles. The molecule has 1 N–H and O–H groups in total. The van der Waals surface area contributed by atoms with E-state index in [2.05, 4.69) is 5.32 Å². The monoisotopic (exact) mass is 385 g/mol. The number of aryl methyl sites for hydroxylation is 1. The molecule has 2 aromatic carbocycles. The van der Waals surface area contributed by atoms with Crippen molar-refractivity contribution in [3.8, 4) is 11.8 Å². The zero-order chi connectivity index (χ0) is 20.0. The highest BCUT2D eigenvalue weighted by molar-refractivity contribution is 6.31. The number of amides is 2. The van der Waals surface area contributed by atoms with Crippen LogP contribution >= 0.6 is 11.6 Å². The smallest absolute Gasteiger partial charge is 0.226 e. The minimum atomic E-state index is -0.263. The number of ether oxygens (including phenoxy) is 1. The molecule has 6 nitrogen and oxygen atoms in total. The van der Waals surface area contributed by atoms with E-state index in [1.807, 2.05) is 13.0 Å². The van der Waals surface area contributed by atoms with Crippen LogP contribution in [0, 0.1) is 18.3 Å². The minimum absolute atomic E-state index is 0.0845. The van der Waals surface area contributed by atoms with Gasteiger partial charge in [-0.25, -0.2) is 0 Å². The lowest BCUT2D eigenvalue weighted by Crippen LogP contribution is -2.32. The predicted octanol–water partition coefficient (Wildman–Crippen LogP) is 3.91. The maximum Gasteiger partial charge on any atom is 0.226 e. The van der Waals surface area contributed by atoms with Crippen LogP contribution in [0.4, 0.5) is 11.4 Å². The number of carbonyl (C=O) groups excluding carboxylic acids is 2. The van der Waals surface area contributed by atoms with Crippen molar-refractivity contribution in [2.24, 2.45) is 0 Å². The van der Waals surface area contributed by atoms with Crippen molar-refractivity contribution in [3.05, 3.63) is 52.5 Å². The Morgan fingerprint density at radius 3 is 2.67 bits per heavy atom. The van der Waals surface area contributed by atoms with Crippen molar-refractivity contribution in [1.82, 2.24) is 0 Å². The second kappa shape index (κ2) is 9.06. The molecule has 0 atom stereocenters. The summed E-state index contributed by atoms with van der Waals surface area (Å²) >= 11 is 6.12. The third-order valence-electron chi connectivity index (χ3n) is 3.97. The number of benzene rings is 2. The van der Waals surface area contributed by atoms with Crippen LogP contribution in [0.15, 0.2) is 36.4 Å². The first-order valence-corrected chi connectivity index (χ1v) is 8.65. The number of hydrogen-bond acceptors (Lipinski definition) is 4. The lowest BCUT2D eigenvalue weighted by molar-refractivity contribution is -0.117. The van der Waals surface area contributed by atoms with Crippen LogP contribution < -0.4 is 15.0 Å². The zero-order valence-corrected chi connectivity index (χ0v) is 16.1. The van der Waals surface area contributed by atoms with Gasteiger partial charge in [0.25, 0.3) is 0 Å². The first kappa shape index (κ1) is 20.3. The van der Waals surface area contributed by atoms with Gasteiger partial charge in [0.1, 0.15) is 5.75 Å². The molecule has 2 rings (SSSR count). The van der Waals surface area contributed by atoms with E-state index in [-0.39, 0.29) is 24.8 Å². The highest BCUT2D eigenvalue weighted by Gasteiger charge is 2.19. The molecule has 0 saturated heterocycles. The molecule has 0 aliphatic rings. The first-order valence-electron chi connectivity index (χ1n) is 8.28. The number of hydrogen-bond donors (Lipinski definition) is 1. The summed E-state index contributed by atoms with van der Waals surface area (Å²) in [7, 11) is 1.50. The summed E-state index contributed by atoms with van der Waals surface area (Å²) < 4.78 is 5.33. The topological polar surface area (TPSA) is 82.4 Å². The lowest BCUT2D eigenvalue weighted by atomic mass is 10.1. The number of halogens is 1. The van der Waals surface area contributed by atoms with Crippen molar-refractivity contribution in [2.75, 3.05) is 23.9 Å². The van der Waals surface area contributed by atoms with E-state index in [1.165, 1.54) is 18.9 Å². The van der Waals surface area contributed by atoms with Crippen LogP contribution in [0.3, 0.4) is 0 Å². The molecule has 140 valence electrons. The molecule has 0 aliphatic carbocycles. The van der Waals surface area contributed by atoms with Gasteiger partial charge in [0.05, 0.1) is 24.4 Å². The third kappa shape index (κ3) is 5.22. The van der Waals surface area contributed by atoms with Crippen LogP contribution in [0.2, 0.25) is 5.02 Å². The first-order chi connectivity index (χ1) is 12.8. The Kier molecular flexibility index (Phi) is 6.80. The molecule has 0 heterocycles. The molecule has 2 amide bonds. The number of rotatable bonds is 6. The van der Waals surface area contributed by atoms with Crippen LogP contribution in [0.5, 0.6) is 5.75 Å². The number of nitriles is 1. The van der Waals surface area contributed by atoms with Crippen molar-refractivity contribution in [2.45, 2.75) is 20.3 Å². The SMILES string of the molecule is COc1cc(Cl)c(C)cc1N(CCC(=O)Nc1cccc(C#N)c1)C(C)=O. The quantitative estimate of drug-likeness (QED) is 0.817. The van der Waals surface area contributed by atoms with E-state index >= 15 is 0 Å². The van der Waals surface area contributed by atoms with Crippen molar-refractivity contribution in [1.29, 1.82) is 5.26 Å². The van der Waals surface area contributed by atoms with E-state index in [0.717, 1.165) is 5.56 Å². The van der Waals surface area contributed by atoms with E-state index in [4.69, 9.17) is 21.6 Å². The van der Waals surface area contributed by atoms with Crippen LogP contribution in [0.1, 0.15) is 24.5 Å². The molecular weight excluding hydrogens is 366 g/mol. The van der Waals surface area contributed by atoms with Gasteiger partial charge >= 0.3 is 0 Å². The van der Waals surface area contributed by atoms with Gasteiger partial charge in [-0.05, 0) is 36.8 Å². The maximum absolute atomic E-state index is 12.3. The van der Waals surface area contributed by atoms with Crippen molar-refractivity contribution >= 4 is 34.8 Å². The summed E-state index contributed by atoms with van der Waals surface area (Å²) in [6.45, 7) is 3.44. The molecule has 7 heteroatoms. The van der Waals surface area contributed by atoms with Crippen LogP contribution in [-0.4, -0.2) is 25.5 Å². The maximum atomic E-state index is 12.3. The Balaban J connectivity index is 2.13. The summed E-state index contributed by atoms with van der Waals surface area (Å²) in [6, 6.07) is 12.1. The Hall–Kier alpha value is -3.04. The van der Waals surface area contributed by atoms with Gasteiger partial charge in [0, 0.05) is 36.7 Å². The molecule has 0 unspecified atom stereocenters. The summed E-state index contributed by atoms with van der Waals surface area (Å²) in [4.78, 5) is 25.9. The highest BCUT2D eigenvalue weighted by atomic mass is 35.5. The fraction of sp³-hybridized carbons (Fsp3) is 0.250. The fourth-order valence-corrected chi connectivity index (χ4v) is 2.73. The van der Waals surface area contributed by atoms with Gasteiger partial charge in [0.2, 0.25) is 11.8 Å². The molecule has 2 aromatic rings. The summed E-state index contributed by atoms with van der Waals surface area (Å²) in [5.74, 6) is -0.0155. The van der Waals surface area contributed by atoms with Gasteiger partial charge < -0.3 is 15.0 Å². The number of carbonyl (C=O) groups is 2. The molecular formula is C20H20ClN3O3. The Morgan fingerprint density at radius 2 is 2.04 bits per heavy atom. The molecule has 0 spiro atoms. The van der Waals surface area contributed by atoms with E-state index in [1.54, 1.807) is 36.4 Å². The third-order valence-corrected chi connectivity index (χ3v) is 4.38. The molecule has 0 bridgehead atoms. The summed E-state index contributed by atoms with van der Waals surface area (Å²) in [5, 5.41) is 12.2. The van der Waals surface area contributed by atoms with E-state index in [0.29, 0.717) is 27.7 Å². The largest absolute Gasteiger partial charge is 0.495 e. The van der Waals surface area contributed by atoms with Crippen LogP contribution in [-0.2, 0) is 9.59 Å². The van der Waals surface area contributed by atoms with Crippen molar-refractivity contribution < 1.29 is 14.3 Å². The molecule has 0 aromatic heterocycles. The Labute approximate surface area is 163 Å². The van der Waals surface area contributed by atoms with Gasteiger partial charge in [-0.3, -0.25) is 9.59 Å². The molecule has 0 radical (unpaired) electrons. The molecule has 27 heavy (non-hydrogen) atoms. The van der Waals surface area contributed by atoms with Gasteiger partial charge in [-0.15, -0.1) is 0 Å². The second-order valence-corrected chi connectivity index (χ2v) is 6.34. The van der Waals surface area contributed by atoms with E-state index < -0.39 is 0 Å². The average molecular weight is 386 g/mol. The van der Waals surface area contributed by atoms with E-state index in [9.17, 15) is 9.59 Å². The minimum Gasteiger partial charge on any atom is -0.495 e. The van der Waals surface area contributed by atoms with Gasteiger partial charge in [-0.1, -0.05) is 17.7 Å². The lowest BCUT2D eigenvalue weighted by Gasteiger charge is -2.24. The Morgan fingerprint density at radius 1 is 1.30 bits per heavy atom. The second-order valence-electron chi connectivity index (χ2n) is 5.93. The Bertz CT molecular complexity index is 906. The fourth-order valence-electron chi connectivity index (χ4n) is 2.57. The summed E-state index contributed by atoms with van der Waals surface area (Å²) in [6.07, 6.45) is 0.0845. The number of nitrogens with one attached hydrogen (secondary N) is 1. The highest BCUT2D eigenvalue weighted by Crippen LogP contribution is 2.34. The average Bonchev–Trinajstić information content (AvgIpc) is 2.64. The molecule has 0 fully saturated rings. The zero-order valence-electron chi connectivity index (χ0n) is 15.4. The normalized spacial score (nSPS) is 10.0. The van der Waals surface area contributed by atoms with Crippen LogP contribution in [0.25, 0.3) is 0 Å². The molecule has 0 saturated carbocycles. The van der Waals surface area contributed by atoms with Gasteiger partial charge in [-0.2, -0.15) is 5.26 Å². The number of nitrogens with zero attached hydrogens (tertiary/aromatic N) is 2. The van der Waals surface area contributed by atoms with Gasteiger partial charge in [0.15, 0.2) is 0 Å². The number of methoxy groups -OCH3 is 1. The van der Waals surface area contributed by atoms with Crippen molar-refractivity contribution in [3.63, 3.8) is 0 Å². The predicted molar refractivity (Wildman–Crippen MR) is 105 cm³/mol. The standard InChI is InChI=1S/C20H20ClN3O3/c1-13-9-18(19(27-3)11-17(13)21)24(14(2)25)8-7-20(26)23-16-6-4-5-15(10-16)12-22/h4-6,9-11H,7-8H2,1-3H3,(H,23,26).